The highest BCUT2D eigenvalue weighted by atomic mass is 127. The second-order valence-electron chi connectivity index (χ2n) is 3.49. The highest BCUT2D eigenvalue weighted by molar-refractivity contribution is 14.1. The van der Waals surface area contributed by atoms with E-state index in [9.17, 15) is 9.90 Å². The first-order chi connectivity index (χ1) is 7.50. The van der Waals surface area contributed by atoms with Crippen LogP contribution in [0.4, 0.5) is 0 Å². The van der Waals surface area contributed by atoms with Gasteiger partial charge in [-0.1, -0.05) is 18.1 Å². The summed E-state index contributed by atoms with van der Waals surface area (Å²) in [6.07, 6.45) is 5.13. The fourth-order valence-corrected chi connectivity index (χ4v) is 1.67. The molecule has 16 heavy (non-hydrogen) atoms. The number of carbonyl (C=O) groups is 1. The fourth-order valence-electron chi connectivity index (χ4n) is 1.31. The van der Waals surface area contributed by atoms with Gasteiger partial charge in [0, 0.05) is 3.57 Å². The van der Waals surface area contributed by atoms with E-state index in [1.165, 1.54) is 0 Å². The van der Waals surface area contributed by atoms with Crippen LogP contribution in [0, 0.1) is 15.9 Å². The topological polar surface area (TPSA) is 49.3 Å². The smallest absolute Gasteiger partial charge is 0.328 e. The van der Waals surface area contributed by atoms with Gasteiger partial charge in [0.15, 0.2) is 0 Å². The Hall–Kier alpha value is -1.06. The molecule has 1 unspecified atom stereocenters. The second-order valence-corrected chi connectivity index (χ2v) is 4.74. The van der Waals surface area contributed by atoms with E-state index < -0.39 is 11.5 Å². The van der Waals surface area contributed by atoms with Crippen LogP contribution < -0.4 is 5.32 Å². The van der Waals surface area contributed by atoms with Gasteiger partial charge in [0.2, 0.25) is 0 Å². The van der Waals surface area contributed by atoms with E-state index in [0.717, 1.165) is 3.57 Å². The quantitative estimate of drug-likeness (QED) is 0.654. The molecule has 0 aliphatic rings. The fraction of sp³-hybridized carbons (Fsp3) is 0.250. The number of terminal acetylenes is 1. The van der Waals surface area contributed by atoms with Crippen molar-refractivity contribution < 1.29 is 9.90 Å². The molecule has 2 N–H and O–H groups in total. The predicted molar refractivity (Wildman–Crippen MR) is 71.0 cm³/mol. The lowest BCUT2D eigenvalue weighted by Crippen LogP contribution is -2.46. The van der Waals surface area contributed by atoms with Gasteiger partial charge in [-0.3, -0.25) is 5.32 Å². The zero-order valence-electron chi connectivity index (χ0n) is 8.83. The van der Waals surface area contributed by atoms with Crippen molar-refractivity contribution >= 4 is 28.6 Å². The number of halogens is 1. The van der Waals surface area contributed by atoms with Crippen LogP contribution in [0.15, 0.2) is 24.3 Å². The van der Waals surface area contributed by atoms with Crippen LogP contribution in [0.2, 0.25) is 0 Å². The summed E-state index contributed by atoms with van der Waals surface area (Å²) in [6, 6.07) is 7.32. The van der Waals surface area contributed by atoms with Crippen LogP contribution in [0.1, 0.15) is 12.5 Å². The lowest BCUT2D eigenvalue weighted by atomic mass is 9.92. The van der Waals surface area contributed by atoms with Crippen molar-refractivity contribution in [2.45, 2.75) is 12.5 Å². The lowest BCUT2D eigenvalue weighted by Gasteiger charge is -2.25. The van der Waals surface area contributed by atoms with Gasteiger partial charge in [0.25, 0.3) is 0 Å². The zero-order valence-corrected chi connectivity index (χ0v) is 11.0. The number of aliphatic carboxylic acids is 1. The molecule has 0 saturated heterocycles. The number of rotatable bonds is 4. The second kappa shape index (κ2) is 5.32. The molecule has 1 atom stereocenters. The van der Waals surface area contributed by atoms with Crippen LogP contribution in [0.3, 0.4) is 0 Å². The maximum Gasteiger partial charge on any atom is 0.328 e. The molecular formula is C12H12INO2. The van der Waals surface area contributed by atoms with Crippen molar-refractivity contribution in [3.63, 3.8) is 0 Å². The van der Waals surface area contributed by atoms with Gasteiger partial charge in [-0.15, -0.1) is 6.42 Å². The molecule has 0 heterocycles. The Balaban J connectivity index is 3.07. The molecule has 0 fully saturated rings. The summed E-state index contributed by atoms with van der Waals surface area (Å²) in [7, 11) is 0. The highest BCUT2D eigenvalue weighted by Crippen LogP contribution is 2.21. The summed E-state index contributed by atoms with van der Waals surface area (Å²) in [6.45, 7) is 1.82. The van der Waals surface area contributed by atoms with E-state index in [-0.39, 0.29) is 6.54 Å². The standard InChI is InChI=1S/C12H12INO2/c1-3-8-14-12(2,11(15)16)9-4-6-10(13)7-5-9/h1,4-7,14H,8H2,2H3,(H,15,16). The Kier molecular flexibility index (Phi) is 4.33. The molecule has 1 rings (SSSR count). The molecule has 0 aliphatic carbocycles. The third kappa shape index (κ3) is 2.74. The highest BCUT2D eigenvalue weighted by Gasteiger charge is 2.34. The first kappa shape index (κ1) is 13.0. The number of benzene rings is 1. The molecule has 0 bridgehead atoms. The summed E-state index contributed by atoms with van der Waals surface area (Å²) in [5.74, 6) is 1.44. The van der Waals surface area contributed by atoms with Gasteiger partial charge in [0.1, 0.15) is 5.54 Å². The van der Waals surface area contributed by atoms with E-state index >= 15 is 0 Å². The molecule has 3 nitrogen and oxygen atoms in total. The Morgan fingerprint density at radius 1 is 1.56 bits per heavy atom. The lowest BCUT2D eigenvalue weighted by molar-refractivity contribution is -0.144. The largest absolute Gasteiger partial charge is 0.480 e. The van der Waals surface area contributed by atoms with E-state index in [1.54, 1.807) is 19.1 Å². The first-order valence-electron chi connectivity index (χ1n) is 4.68. The summed E-state index contributed by atoms with van der Waals surface area (Å²) in [5, 5.41) is 12.1. The molecule has 0 amide bonds. The maximum atomic E-state index is 11.3. The van der Waals surface area contributed by atoms with Gasteiger partial charge in [-0.2, -0.15) is 0 Å². The Morgan fingerprint density at radius 2 is 2.12 bits per heavy atom. The van der Waals surface area contributed by atoms with Gasteiger partial charge >= 0.3 is 5.97 Å². The van der Waals surface area contributed by atoms with Crippen molar-refractivity contribution in [3.05, 3.63) is 33.4 Å². The molecule has 1 aromatic rings. The minimum absolute atomic E-state index is 0.217. The Labute approximate surface area is 108 Å². The van der Waals surface area contributed by atoms with Gasteiger partial charge < -0.3 is 5.11 Å². The third-order valence-corrected chi connectivity index (χ3v) is 3.11. The molecule has 4 heteroatoms. The minimum atomic E-state index is -1.14. The molecule has 0 saturated carbocycles. The van der Waals surface area contributed by atoms with Crippen molar-refractivity contribution in [2.24, 2.45) is 0 Å². The molecule has 0 radical (unpaired) electrons. The number of carboxylic acid groups (broad SMARTS) is 1. The Morgan fingerprint density at radius 3 is 2.56 bits per heavy atom. The summed E-state index contributed by atoms with van der Waals surface area (Å²) < 4.78 is 1.06. The summed E-state index contributed by atoms with van der Waals surface area (Å²) in [4.78, 5) is 11.3. The summed E-state index contributed by atoms with van der Waals surface area (Å²) >= 11 is 2.17. The van der Waals surface area contributed by atoms with E-state index in [2.05, 4.69) is 33.8 Å². The van der Waals surface area contributed by atoms with Crippen LogP contribution in [0.5, 0.6) is 0 Å². The average Bonchev–Trinajstić information content (AvgIpc) is 2.26. The monoisotopic (exact) mass is 329 g/mol. The SMILES string of the molecule is C#CCNC(C)(C(=O)O)c1ccc(I)cc1. The van der Waals surface area contributed by atoms with Crippen molar-refractivity contribution in [1.82, 2.24) is 5.32 Å². The average molecular weight is 329 g/mol. The molecule has 0 spiro atoms. The van der Waals surface area contributed by atoms with Gasteiger partial charge in [-0.05, 0) is 47.2 Å². The molecule has 1 aromatic carbocycles. The van der Waals surface area contributed by atoms with Crippen molar-refractivity contribution in [2.75, 3.05) is 6.54 Å². The van der Waals surface area contributed by atoms with Crippen molar-refractivity contribution in [1.29, 1.82) is 0 Å². The molecular weight excluding hydrogens is 317 g/mol. The van der Waals surface area contributed by atoms with Crippen LogP contribution in [-0.2, 0) is 10.3 Å². The van der Waals surface area contributed by atoms with E-state index in [0.29, 0.717) is 5.56 Å². The number of carboxylic acids is 1. The van der Waals surface area contributed by atoms with E-state index in [1.807, 2.05) is 12.1 Å². The van der Waals surface area contributed by atoms with E-state index in [4.69, 9.17) is 6.42 Å². The number of hydrogen-bond acceptors (Lipinski definition) is 2. The number of hydrogen-bond donors (Lipinski definition) is 2. The van der Waals surface area contributed by atoms with Crippen molar-refractivity contribution in [3.8, 4) is 12.3 Å². The number of nitrogens with one attached hydrogen (secondary N) is 1. The van der Waals surface area contributed by atoms with Crippen LogP contribution in [0.25, 0.3) is 0 Å². The molecule has 84 valence electrons. The maximum absolute atomic E-state index is 11.3. The molecule has 0 aliphatic heterocycles. The zero-order chi connectivity index (χ0) is 12.2. The minimum Gasteiger partial charge on any atom is -0.480 e. The first-order valence-corrected chi connectivity index (χ1v) is 5.76. The summed E-state index contributed by atoms with van der Waals surface area (Å²) in [5.41, 5.74) is -0.452. The van der Waals surface area contributed by atoms with Crippen LogP contribution >= 0.6 is 22.6 Å². The predicted octanol–water partition coefficient (Wildman–Crippen LogP) is 1.81. The Bertz CT molecular complexity index is 422. The van der Waals surface area contributed by atoms with Gasteiger partial charge in [0.05, 0.1) is 6.54 Å². The third-order valence-electron chi connectivity index (χ3n) is 2.39. The normalized spacial score (nSPS) is 13.8. The molecule has 0 aromatic heterocycles. The van der Waals surface area contributed by atoms with Crippen LogP contribution in [-0.4, -0.2) is 17.6 Å². The van der Waals surface area contributed by atoms with Gasteiger partial charge in [-0.25, -0.2) is 4.79 Å².